The van der Waals surface area contributed by atoms with Crippen LogP contribution in [0, 0.1) is 20.8 Å². The summed E-state index contributed by atoms with van der Waals surface area (Å²) in [7, 11) is 0. The highest BCUT2D eigenvalue weighted by atomic mass is 32.2. The molecule has 5 nitrogen and oxygen atoms in total. The Bertz CT molecular complexity index is 1180. The number of benzene rings is 2. The topological polar surface area (TPSA) is 52.2 Å². The Labute approximate surface area is 161 Å². The van der Waals surface area contributed by atoms with Crippen molar-refractivity contribution in [3.63, 3.8) is 0 Å². The van der Waals surface area contributed by atoms with Gasteiger partial charge in [0.1, 0.15) is 0 Å². The lowest BCUT2D eigenvalue weighted by Crippen LogP contribution is -2.20. The summed E-state index contributed by atoms with van der Waals surface area (Å²) in [6.07, 6.45) is 3.63. The van der Waals surface area contributed by atoms with Crippen molar-refractivity contribution in [1.82, 2.24) is 19.2 Å². The number of thioether (sulfide) groups is 1. The van der Waals surface area contributed by atoms with E-state index >= 15 is 0 Å². The Morgan fingerprint density at radius 1 is 0.926 bits per heavy atom. The second-order valence-electron chi connectivity index (χ2n) is 6.69. The van der Waals surface area contributed by atoms with E-state index in [1.807, 2.05) is 31.3 Å². The molecule has 0 saturated heterocycles. The first-order chi connectivity index (χ1) is 13.0. The molecule has 0 N–H and O–H groups in total. The van der Waals surface area contributed by atoms with E-state index in [0.29, 0.717) is 5.65 Å². The molecule has 4 aromatic rings. The molecule has 0 unspecified atom stereocenters. The number of aryl methyl sites for hydroxylation is 3. The van der Waals surface area contributed by atoms with Gasteiger partial charge in [-0.15, -0.1) is 10.2 Å². The second kappa shape index (κ2) is 7.04. The summed E-state index contributed by atoms with van der Waals surface area (Å²) in [4.78, 5) is 12.9. The van der Waals surface area contributed by atoms with E-state index in [0.717, 1.165) is 22.2 Å². The molecule has 136 valence electrons. The van der Waals surface area contributed by atoms with Gasteiger partial charge < -0.3 is 0 Å². The maximum Gasteiger partial charge on any atom is 0.300 e. The van der Waals surface area contributed by atoms with Crippen LogP contribution in [-0.2, 0) is 5.75 Å². The minimum absolute atomic E-state index is 0.171. The molecule has 0 fully saturated rings. The van der Waals surface area contributed by atoms with Crippen molar-refractivity contribution in [3.8, 4) is 5.69 Å². The van der Waals surface area contributed by atoms with E-state index in [1.165, 1.54) is 16.7 Å². The van der Waals surface area contributed by atoms with Crippen molar-refractivity contribution >= 4 is 17.4 Å². The van der Waals surface area contributed by atoms with Crippen LogP contribution in [0.25, 0.3) is 11.3 Å². The molecular formula is C21H20N4OS. The molecule has 0 aliphatic heterocycles. The summed E-state index contributed by atoms with van der Waals surface area (Å²) in [6.45, 7) is 6.17. The zero-order valence-corrected chi connectivity index (χ0v) is 16.3. The first-order valence-corrected chi connectivity index (χ1v) is 9.74. The van der Waals surface area contributed by atoms with Gasteiger partial charge >= 0.3 is 5.56 Å². The minimum atomic E-state index is -0.171. The molecule has 2 heterocycles. The number of aromatic nitrogens is 4. The quantitative estimate of drug-likeness (QED) is 0.503. The molecule has 0 amide bonds. The van der Waals surface area contributed by atoms with Crippen LogP contribution >= 0.6 is 11.8 Å². The van der Waals surface area contributed by atoms with Gasteiger partial charge in [-0.25, -0.2) is 0 Å². The SMILES string of the molecule is Cc1ccc(CSc2nnc3c(=O)n(-c4ccc(C)c(C)c4)ccn23)cc1. The third-order valence-corrected chi connectivity index (χ3v) is 5.71. The standard InChI is InChI=1S/C21H20N4OS/c1-14-4-7-17(8-5-14)13-27-21-23-22-19-20(26)24(10-11-25(19)21)18-9-6-15(2)16(3)12-18/h4-12H,13H2,1-3H3. The molecule has 6 heteroatoms. The summed E-state index contributed by atoms with van der Waals surface area (Å²) in [5.74, 6) is 0.779. The highest BCUT2D eigenvalue weighted by molar-refractivity contribution is 7.98. The van der Waals surface area contributed by atoms with E-state index in [-0.39, 0.29) is 5.56 Å². The van der Waals surface area contributed by atoms with Crippen molar-refractivity contribution in [2.24, 2.45) is 0 Å². The van der Waals surface area contributed by atoms with E-state index in [1.54, 1.807) is 26.9 Å². The van der Waals surface area contributed by atoms with Crippen LogP contribution in [0.4, 0.5) is 0 Å². The van der Waals surface area contributed by atoms with Crippen molar-refractivity contribution < 1.29 is 0 Å². The zero-order chi connectivity index (χ0) is 19.0. The predicted octanol–water partition coefficient (Wildman–Crippen LogP) is 4.10. The van der Waals surface area contributed by atoms with Gasteiger partial charge in [0.25, 0.3) is 0 Å². The normalized spacial score (nSPS) is 11.2. The zero-order valence-electron chi connectivity index (χ0n) is 15.5. The third kappa shape index (κ3) is 3.40. The lowest BCUT2D eigenvalue weighted by Gasteiger charge is -2.08. The summed E-state index contributed by atoms with van der Waals surface area (Å²) in [5, 5.41) is 9.06. The summed E-state index contributed by atoms with van der Waals surface area (Å²) in [5.41, 5.74) is 5.80. The fourth-order valence-electron chi connectivity index (χ4n) is 2.88. The highest BCUT2D eigenvalue weighted by Crippen LogP contribution is 2.21. The van der Waals surface area contributed by atoms with Gasteiger partial charge in [-0.1, -0.05) is 47.7 Å². The number of hydrogen-bond acceptors (Lipinski definition) is 4. The van der Waals surface area contributed by atoms with Crippen LogP contribution in [-0.4, -0.2) is 19.2 Å². The summed E-state index contributed by atoms with van der Waals surface area (Å²) < 4.78 is 3.38. The smallest absolute Gasteiger partial charge is 0.280 e. The Morgan fingerprint density at radius 3 is 2.44 bits per heavy atom. The predicted molar refractivity (Wildman–Crippen MR) is 109 cm³/mol. The molecule has 4 rings (SSSR count). The van der Waals surface area contributed by atoms with Crippen LogP contribution in [0.1, 0.15) is 22.3 Å². The van der Waals surface area contributed by atoms with E-state index < -0.39 is 0 Å². The van der Waals surface area contributed by atoms with Gasteiger partial charge in [0.15, 0.2) is 5.16 Å². The molecule has 0 aliphatic rings. The molecule has 0 radical (unpaired) electrons. The number of fused-ring (bicyclic) bond motifs is 1. The van der Waals surface area contributed by atoms with Gasteiger partial charge in [-0.05, 0) is 49.6 Å². The lowest BCUT2D eigenvalue weighted by molar-refractivity contribution is 0.892. The molecule has 0 saturated carbocycles. The van der Waals surface area contributed by atoms with Gasteiger partial charge in [0, 0.05) is 23.8 Å². The van der Waals surface area contributed by atoms with Crippen molar-refractivity contribution in [2.75, 3.05) is 0 Å². The molecule has 0 atom stereocenters. The molecule has 27 heavy (non-hydrogen) atoms. The first kappa shape index (κ1) is 17.5. The van der Waals surface area contributed by atoms with Gasteiger partial charge in [0.05, 0.1) is 0 Å². The maximum atomic E-state index is 12.9. The minimum Gasteiger partial charge on any atom is -0.280 e. The van der Waals surface area contributed by atoms with Gasteiger partial charge in [-0.2, -0.15) is 0 Å². The molecule has 0 bridgehead atoms. The molecule has 0 aliphatic carbocycles. The van der Waals surface area contributed by atoms with Crippen LogP contribution in [0.5, 0.6) is 0 Å². The molecule has 2 aromatic heterocycles. The highest BCUT2D eigenvalue weighted by Gasteiger charge is 2.12. The van der Waals surface area contributed by atoms with Crippen molar-refractivity contribution in [3.05, 3.63) is 87.5 Å². The Balaban J connectivity index is 1.66. The Morgan fingerprint density at radius 2 is 1.70 bits per heavy atom. The number of hydrogen-bond donors (Lipinski definition) is 0. The summed E-state index contributed by atoms with van der Waals surface area (Å²) in [6, 6.07) is 14.4. The lowest BCUT2D eigenvalue weighted by atomic mass is 10.1. The van der Waals surface area contributed by atoms with Gasteiger partial charge in [0.2, 0.25) is 5.65 Å². The number of rotatable bonds is 4. The van der Waals surface area contributed by atoms with Crippen molar-refractivity contribution in [1.29, 1.82) is 0 Å². The van der Waals surface area contributed by atoms with Crippen LogP contribution in [0.3, 0.4) is 0 Å². The Hall–Kier alpha value is -2.86. The summed E-state index contributed by atoms with van der Waals surface area (Å²) >= 11 is 1.57. The largest absolute Gasteiger partial charge is 0.300 e. The fraction of sp³-hybridized carbons (Fsp3) is 0.190. The van der Waals surface area contributed by atoms with Crippen LogP contribution in [0.15, 0.2) is 64.8 Å². The average Bonchev–Trinajstić information content (AvgIpc) is 3.08. The third-order valence-electron chi connectivity index (χ3n) is 4.70. The van der Waals surface area contributed by atoms with Crippen LogP contribution < -0.4 is 5.56 Å². The van der Waals surface area contributed by atoms with Gasteiger partial charge in [-0.3, -0.25) is 13.8 Å². The van der Waals surface area contributed by atoms with E-state index in [2.05, 4.69) is 48.3 Å². The fourth-order valence-corrected chi connectivity index (χ4v) is 3.75. The Kier molecular flexibility index (Phi) is 4.58. The van der Waals surface area contributed by atoms with Crippen molar-refractivity contribution in [2.45, 2.75) is 31.7 Å². The monoisotopic (exact) mass is 376 g/mol. The van der Waals surface area contributed by atoms with Crippen LogP contribution in [0.2, 0.25) is 0 Å². The first-order valence-electron chi connectivity index (χ1n) is 8.75. The average molecular weight is 376 g/mol. The molecule has 2 aromatic carbocycles. The van der Waals surface area contributed by atoms with E-state index in [4.69, 9.17) is 0 Å². The number of nitrogens with zero attached hydrogens (tertiary/aromatic N) is 4. The second-order valence-corrected chi connectivity index (χ2v) is 7.63. The maximum absolute atomic E-state index is 12.9. The molecule has 0 spiro atoms. The van der Waals surface area contributed by atoms with E-state index in [9.17, 15) is 4.79 Å². The molecular weight excluding hydrogens is 356 g/mol.